The van der Waals surface area contributed by atoms with Crippen LogP contribution < -0.4 is 8.61 Å². The van der Waals surface area contributed by atoms with Crippen molar-refractivity contribution in [1.29, 1.82) is 0 Å². The molecule has 0 aromatic heterocycles. The molecule has 0 aliphatic rings. The minimum Gasteiger partial charge on any atom is -0.259 e. The van der Waals surface area contributed by atoms with Crippen LogP contribution in [0.3, 0.4) is 0 Å². The lowest BCUT2D eigenvalue weighted by molar-refractivity contribution is 0.579. The standard InChI is InChI=1S/C15H18N2O4S2/c1-3-17(15-12-8-5-9-13-15)23(20,21)22(18,19)16(2)14-10-6-4-7-11-14/h4-13H,3H2,1-2H3. The predicted octanol–water partition coefficient (Wildman–Crippen LogP) is 2.22. The number of para-hydroxylation sites is 2. The van der Waals surface area contributed by atoms with Crippen LogP contribution in [0.25, 0.3) is 0 Å². The van der Waals surface area contributed by atoms with E-state index >= 15 is 0 Å². The molecule has 0 N–H and O–H groups in total. The summed E-state index contributed by atoms with van der Waals surface area (Å²) in [4.78, 5) is 0. The van der Waals surface area contributed by atoms with E-state index in [0.717, 1.165) is 8.61 Å². The van der Waals surface area contributed by atoms with Gasteiger partial charge in [0.2, 0.25) is 0 Å². The van der Waals surface area contributed by atoms with Gasteiger partial charge in [0, 0.05) is 13.6 Å². The Hall–Kier alpha value is -2.06. The highest BCUT2D eigenvalue weighted by molar-refractivity contribution is 8.68. The lowest BCUT2D eigenvalue weighted by Gasteiger charge is -2.26. The Morgan fingerprint density at radius 1 is 0.739 bits per heavy atom. The minimum absolute atomic E-state index is 0.00814. The van der Waals surface area contributed by atoms with Gasteiger partial charge in [-0.15, -0.1) is 0 Å². The van der Waals surface area contributed by atoms with E-state index in [1.54, 1.807) is 55.5 Å². The lowest BCUT2D eigenvalue weighted by Crippen LogP contribution is -2.43. The van der Waals surface area contributed by atoms with Crippen LogP contribution in [0.4, 0.5) is 11.4 Å². The number of hydrogen-bond acceptors (Lipinski definition) is 4. The van der Waals surface area contributed by atoms with Crippen LogP contribution in [0.5, 0.6) is 0 Å². The van der Waals surface area contributed by atoms with Crippen LogP contribution in [0, 0.1) is 0 Å². The smallest absolute Gasteiger partial charge is 0.259 e. The molecule has 2 aromatic carbocycles. The largest absolute Gasteiger partial charge is 0.360 e. The van der Waals surface area contributed by atoms with Crippen molar-refractivity contribution in [3.05, 3.63) is 60.7 Å². The van der Waals surface area contributed by atoms with Gasteiger partial charge in [-0.05, 0) is 31.2 Å². The zero-order valence-corrected chi connectivity index (χ0v) is 14.5. The van der Waals surface area contributed by atoms with E-state index in [-0.39, 0.29) is 12.2 Å². The zero-order valence-electron chi connectivity index (χ0n) is 12.8. The molecule has 0 fully saturated rings. The molecule has 0 unspecified atom stereocenters. The number of hydrogen-bond donors (Lipinski definition) is 0. The average molecular weight is 354 g/mol. The van der Waals surface area contributed by atoms with Gasteiger partial charge < -0.3 is 0 Å². The topological polar surface area (TPSA) is 74.8 Å². The van der Waals surface area contributed by atoms with Gasteiger partial charge in [-0.3, -0.25) is 8.61 Å². The highest BCUT2D eigenvalue weighted by Gasteiger charge is 2.39. The summed E-state index contributed by atoms with van der Waals surface area (Å²) < 4.78 is 52.3. The van der Waals surface area contributed by atoms with Crippen LogP contribution in [0.2, 0.25) is 0 Å². The van der Waals surface area contributed by atoms with Crippen LogP contribution in [-0.2, 0) is 18.1 Å². The molecule has 23 heavy (non-hydrogen) atoms. The van der Waals surface area contributed by atoms with Crippen molar-refractivity contribution in [3.8, 4) is 0 Å². The Morgan fingerprint density at radius 2 is 1.17 bits per heavy atom. The van der Waals surface area contributed by atoms with Gasteiger partial charge in [-0.25, -0.2) is 0 Å². The molecule has 6 nitrogen and oxygen atoms in total. The van der Waals surface area contributed by atoms with E-state index in [1.165, 1.54) is 19.2 Å². The molecule has 0 spiro atoms. The molecule has 0 saturated carbocycles. The molecular formula is C15H18N2O4S2. The Balaban J connectivity index is 2.49. The highest BCUT2D eigenvalue weighted by atomic mass is 33.2. The fraction of sp³-hybridized carbons (Fsp3) is 0.200. The molecule has 0 saturated heterocycles. The van der Waals surface area contributed by atoms with Crippen molar-refractivity contribution in [3.63, 3.8) is 0 Å². The molecule has 0 bridgehead atoms. The molecule has 8 heteroatoms. The predicted molar refractivity (Wildman–Crippen MR) is 92.1 cm³/mol. The summed E-state index contributed by atoms with van der Waals surface area (Å²) in [6.45, 7) is 1.59. The second-order valence-corrected chi connectivity index (χ2v) is 9.95. The van der Waals surface area contributed by atoms with Crippen molar-refractivity contribution >= 4 is 29.5 Å². The van der Waals surface area contributed by atoms with Gasteiger partial charge in [0.15, 0.2) is 0 Å². The molecule has 0 amide bonds. The molecule has 0 aliphatic heterocycles. The zero-order chi connectivity index (χ0) is 17.1. The van der Waals surface area contributed by atoms with Gasteiger partial charge in [0.1, 0.15) is 0 Å². The van der Waals surface area contributed by atoms with Gasteiger partial charge in [-0.1, -0.05) is 36.4 Å². The second kappa shape index (κ2) is 6.59. The molecule has 0 atom stereocenters. The number of benzene rings is 2. The summed E-state index contributed by atoms with van der Waals surface area (Å²) >= 11 is 0. The number of rotatable bonds is 6. The number of anilines is 2. The van der Waals surface area contributed by atoms with E-state index in [4.69, 9.17) is 0 Å². The maximum Gasteiger partial charge on any atom is 0.360 e. The first kappa shape index (κ1) is 17.3. The quantitative estimate of drug-likeness (QED) is 0.746. The molecule has 0 aliphatic carbocycles. The first-order valence-corrected chi connectivity index (χ1v) is 10.3. The van der Waals surface area contributed by atoms with Crippen LogP contribution in [0.1, 0.15) is 6.92 Å². The first-order valence-electron chi connectivity index (χ1n) is 6.94. The maximum atomic E-state index is 12.7. The Kier molecular flexibility index (Phi) is 4.96. The van der Waals surface area contributed by atoms with Crippen molar-refractivity contribution in [2.45, 2.75) is 6.92 Å². The normalized spacial score (nSPS) is 11.9. The summed E-state index contributed by atoms with van der Waals surface area (Å²) in [5, 5.41) is 0. The monoisotopic (exact) mass is 354 g/mol. The van der Waals surface area contributed by atoms with Crippen LogP contribution in [-0.4, -0.2) is 30.4 Å². The van der Waals surface area contributed by atoms with Gasteiger partial charge >= 0.3 is 18.1 Å². The Labute approximate surface area is 136 Å². The summed E-state index contributed by atoms with van der Waals surface area (Å²) in [6, 6.07) is 16.2. The Bertz CT molecular complexity index is 851. The Morgan fingerprint density at radius 3 is 1.61 bits per heavy atom. The van der Waals surface area contributed by atoms with Crippen molar-refractivity contribution in [2.24, 2.45) is 0 Å². The summed E-state index contributed by atoms with van der Waals surface area (Å²) in [5.41, 5.74) is 0.584. The van der Waals surface area contributed by atoms with E-state index in [2.05, 4.69) is 0 Å². The van der Waals surface area contributed by atoms with E-state index in [9.17, 15) is 16.8 Å². The number of nitrogens with zero attached hydrogens (tertiary/aromatic N) is 2. The third-order valence-corrected chi connectivity index (χ3v) is 8.55. The highest BCUT2D eigenvalue weighted by Crippen LogP contribution is 2.25. The van der Waals surface area contributed by atoms with Gasteiger partial charge in [0.05, 0.1) is 11.4 Å². The van der Waals surface area contributed by atoms with Gasteiger partial charge in [0.25, 0.3) is 0 Å². The van der Waals surface area contributed by atoms with Gasteiger partial charge in [-0.2, -0.15) is 16.8 Å². The third-order valence-electron chi connectivity index (χ3n) is 3.32. The van der Waals surface area contributed by atoms with E-state index in [0.29, 0.717) is 5.69 Å². The van der Waals surface area contributed by atoms with Crippen molar-refractivity contribution < 1.29 is 16.8 Å². The van der Waals surface area contributed by atoms with E-state index in [1.807, 2.05) is 0 Å². The third kappa shape index (κ3) is 3.18. The molecule has 0 radical (unpaired) electrons. The van der Waals surface area contributed by atoms with Crippen molar-refractivity contribution in [2.75, 3.05) is 22.2 Å². The van der Waals surface area contributed by atoms with Crippen molar-refractivity contribution in [1.82, 2.24) is 0 Å². The molecule has 2 aromatic rings. The fourth-order valence-electron chi connectivity index (χ4n) is 2.09. The fourth-order valence-corrected chi connectivity index (χ4v) is 6.03. The molecule has 124 valence electrons. The molecular weight excluding hydrogens is 336 g/mol. The summed E-state index contributed by atoms with van der Waals surface area (Å²) in [5.74, 6) is 0. The summed E-state index contributed by atoms with van der Waals surface area (Å²) in [6.07, 6.45) is 0. The van der Waals surface area contributed by atoms with Crippen LogP contribution in [0.15, 0.2) is 60.7 Å². The maximum absolute atomic E-state index is 12.7. The minimum atomic E-state index is -4.62. The second-order valence-electron chi connectivity index (χ2n) is 4.72. The molecule has 0 heterocycles. The van der Waals surface area contributed by atoms with Crippen LogP contribution >= 0.6 is 0 Å². The SMILES string of the molecule is CCN(c1ccccc1)S(=O)(=O)S(=O)(=O)N(C)c1ccccc1. The average Bonchev–Trinajstić information content (AvgIpc) is 2.56. The van der Waals surface area contributed by atoms with E-state index < -0.39 is 18.1 Å². The molecule has 2 rings (SSSR count). The lowest BCUT2D eigenvalue weighted by atomic mass is 10.3. The first-order chi connectivity index (χ1) is 10.8. The summed E-state index contributed by atoms with van der Waals surface area (Å²) in [7, 11) is -8.02.